The van der Waals surface area contributed by atoms with Crippen LogP contribution in [0.15, 0.2) is 36.4 Å². The zero-order valence-electron chi connectivity index (χ0n) is 17.4. The van der Waals surface area contributed by atoms with Gasteiger partial charge in [0.2, 0.25) is 0 Å². The monoisotopic (exact) mass is 396 g/mol. The number of hydrogen-bond donors (Lipinski definition) is 1. The number of esters is 1. The van der Waals surface area contributed by atoms with Crippen LogP contribution in [0.4, 0.5) is 15.8 Å². The van der Waals surface area contributed by atoms with Gasteiger partial charge in [-0.3, -0.25) is 0 Å². The van der Waals surface area contributed by atoms with Gasteiger partial charge in [-0.05, 0) is 79.1 Å². The number of carbonyl (C=O) groups excluding carboxylic acids is 1. The van der Waals surface area contributed by atoms with Gasteiger partial charge in [0.15, 0.2) is 0 Å². The maximum atomic E-state index is 14.5. The molecular formula is C24H29FN2O2. The summed E-state index contributed by atoms with van der Waals surface area (Å²) in [6.07, 6.45) is 3.12. The van der Waals surface area contributed by atoms with Crippen molar-refractivity contribution in [3.63, 3.8) is 0 Å². The third kappa shape index (κ3) is 3.96. The molecule has 0 saturated carbocycles. The Morgan fingerprint density at radius 3 is 2.69 bits per heavy atom. The Labute approximate surface area is 172 Å². The van der Waals surface area contributed by atoms with E-state index < -0.39 is 0 Å². The zero-order valence-corrected chi connectivity index (χ0v) is 17.4. The molecule has 1 fully saturated rings. The summed E-state index contributed by atoms with van der Waals surface area (Å²) < 4.78 is 19.6. The van der Waals surface area contributed by atoms with E-state index in [4.69, 9.17) is 4.74 Å². The van der Waals surface area contributed by atoms with E-state index in [1.165, 1.54) is 0 Å². The number of hydrogen-bond acceptors (Lipinski definition) is 4. The molecule has 0 spiro atoms. The van der Waals surface area contributed by atoms with Gasteiger partial charge in [-0.25, -0.2) is 9.18 Å². The highest BCUT2D eigenvalue weighted by Crippen LogP contribution is 2.45. The van der Waals surface area contributed by atoms with Crippen molar-refractivity contribution in [3.05, 3.63) is 58.9 Å². The van der Waals surface area contributed by atoms with Crippen molar-refractivity contribution in [2.45, 2.75) is 46.1 Å². The minimum atomic E-state index is -0.296. The lowest BCUT2D eigenvalue weighted by Crippen LogP contribution is -2.35. The Kier molecular flexibility index (Phi) is 5.24. The fraction of sp³-hybridized carbons (Fsp3) is 0.458. The highest BCUT2D eigenvalue weighted by atomic mass is 19.1. The second-order valence-electron chi connectivity index (χ2n) is 8.77. The summed E-state index contributed by atoms with van der Waals surface area (Å²) >= 11 is 0. The minimum absolute atomic E-state index is 0.0134. The van der Waals surface area contributed by atoms with Gasteiger partial charge in [0, 0.05) is 24.5 Å². The van der Waals surface area contributed by atoms with Crippen molar-refractivity contribution in [1.29, 1.82) is 0 Å². The lowest BCUT2D eigenvalue weighted by Gasteiger charge is -2.41. The molecular weight excluding hydrogens is 367 g/mol. The van der Waals surface area contributed by atoms with Crippen molar-refractivity contribution < 1.29 is 13.9 Å². The number of nitrogens with zero attached hydrogens (tertiary/aromatic N) is 1. The molecule has 29 heavy (non-hydrogen) atoms. The minimum Gasteiger partial charge on any atom is -0.462 e. The van der Waals surface area contributed by atoms with Crippen LogP contribution in [-0.4, -0.2) is 25.7 Å². The van der Waals surface area contributed by atoms with E-state index in [-0.39, 0.29) is 23.2 Å². The molecule has 2 aliphatic heterocycles. The van der Waals surface area contributed by atoms with E-state index in [1.54, 1.807) is 25.1 Å². The van der Waals surface area contributed by atoms with Gasteiger partial charge >= 0.3 is 5.97 Å². The van der Waals surface area contributed by atoms with Gasteiger partial charge in [-0.15, -0.1) is 0 Å². The fourth-order valence-electron chi connectivity index (χ4n) is 4.62. The van der Waals surface area contributed by atoms with Crippen LogP contribution in [0.25, 0.3) is 0 Å². The molecule has 0 aliphatic carbocycles. The quantitative estimate of drug-likeness (QED) is 0.709. The number of nitrogens with one attached hydrogen (secondary N) is 1. The van der Waals surface area contributed by atoms with Gasteiger partial charge in [-0.1, -0.05) is 13.8 Å². The van der Waals surface area contributed by atoms with E-state index >= 15 is 0 Å². The average molecular weight is 397 g/mol. The zero-order chi connectivity index (χ0) is 20.6. The molecule has 0 aromatic heterocycles. The first kappa shape index (κ1) is 19.7. The molecule has 1 saturated heterocycles. The lowest BCUT2D eigenvalue weighted by atomic mass is 9.72. The largest absolute Gasteiger partial charge is 0.462 e. The van der Waals surface area contributed by atoms with E-state index in [9.17, 15) is 9.18 Å². The lowest BCUT2D eigenvalue weighted by molar-refractivity contribution is 0.0526. The van der Waals surface area contributed by atoms with Gasteiger partial charge in [-0.2, -0.15) is 0 Å². The van der Waals surface area contributed by atoms with Crippen molar-refractivity contribution in [1.82, 2.24) is 0 Å². The summed E-state index contributed by atoms with van der Waals surface area (Å²) in [5.41, 5.74) is 4.46. The van der Waals surface area contributed by atoms with E-state index in [1.807, 2.05) is 12.1 Å². The summed E-state index contributed by atoms with van der Waals surface area (Å²) in [4.78, 5) is 14.4. The Bertz CT molecular complexity index is 919. The molecule has 2 aromatic carbocycles. The molecule has 4 rings (SSSR count). The Morgan fingerprint density at radius 2 is 1.97 bits per heavy atom. The summed E-state index contributed by atoms with van der Waals surface area (Å²) in [6, 6.07) is 11.1. The van der Waals surface area contributed by atoms with Gasteiger partial charge < -0.3 is 15.0 Å². The highest BCUT2D eigenvalue weighted by molar-refractivity contribution is 5.90. The average Bonchev–Trinajstić information content (AvgIpc) is 3.21. The van der Waals surface area contributed by atoms with E-state index in [2.05, 4.69) is 30.1 Å². The molecule has 1 atom stereocenters. The standard InChI is InChI=1S/C24H29FN2O2/c1-4-29-23(28)16-7-8-21-18(11-16)15-24(2,3)22(26-21)17-12-19(25)14-20(13-17)27-9-5-6-10-27/h7-8,11-14,22,26H,4-6,9-10,15H2,1-3H3. The first-order valence-electron chi connectivity index (χ1n) is 10.5. The van der Waals surface area contributed by atoms with Crippen LogP contribution in [0.3, 0.4) is 0 Å². The molecule has 4 nitrogen and oxygen atoms in total. The summed E-state index contributed by atoms with van der Waals surface area (Å²) in [5, 5.41) is 3.61. The predicted octanol–water partition coefficient (Wildman–Crippen LogP) is 5.34. The Morgan fingerprint density at radius 1 is 1.21 bits per heavy atom. The van der Waals surface area contributed by atoms with Crippen LogP contribution in [0.1, 0.15) is 61.1 Å². The molecule has 2 heterocycles. The van der Waals surface area contributed by atoms with Crippen LogP contribution in [-0.2, 0) is 11.2 Å². The van der Waals surface area contributed by atoms with Crippen molar-refractivity contribution in [3.8, 4) is 0 Å². The number of fused-ring (bicyclic) bond motifs is 1. The highest BCUT2D eigenvalue weighted by Gasteiger charge is 2.36. The van der Waals surface area contributed by atoms with Gasteiger partial charge in [0.1, 0.15) is 5.82 Å². The van der Waals surface area contributed by atoms with Crippen molar-refractivity contribution in [2.24, 2.45) is 5.41 Å². The molecule has 1 N–H and O–H groups in total. The third-order valence-corrected chi connectivity index (χ3v) is 6.05. The van der Waals surface area contributed by atoms with Crippen LogP contribution >= 0.6 is 0 Å². The number of halogens is 1. The number of benzene rings is 2. The maximum absolute atomic E-state index is 14.5. The first-order valence-corrected chi connectivity index (χ1v) is 10.5. The molecule has 0 bridgehead atoms. The Balaban J connectivity index is 1.66. The fourth-order valence-corrected chi connectivity index (χ4v) is 4.62. The normalized spacial score (nSPS) is 20.1. The van der Waals surface area contributed by atoms with Crippen LogP contribution in [0.5, 0.6) is 0 Å². The maximum Gasteiger partial charge on any atom is 0.338 e. The Hall–Kier alpha value is -2.56. The molecule has 1 unspecified atom stereocenters. The number of carbonyl (C=O) groups is 1. The van der Waals surface area contributed by atoms with Crippen molar-refractivity contribution in [2.75, 3.05) is 29.9 Å². The SMILES string of the molecule is CCOC(=O)c1ccc2c(c1)CC(C)(C)C(c1cc(F)cc(N3CCCC3)c1)N2. The second kappa shape index (κ2) is 7.69. The van der Waals surface area contributed by atoms with E-state index in [0.29, 0.717) is 12.2 Å². The van der Waals surface area contributed by atoms with E-state index in [0.717, 1.165) is 54.9 Å². The second-order valence-corrected chi connectivity index (χ2v) is 8.77. The first-order chi connectivity index (χ1) is 13.9. The number of anilines is 2. The number of rotatable bonds is 4. The molecule has 2 aliphatic rings. The predicted molar refractivity (Wildman–Crippen MR) is 114 cm³/mol. The molecule has 2 aromatic rings. The van der Waals surface area contributed by atoms with Crippen LogP contribution < -0.4 is 10.2 Å². The van der Waals surface area contributed by atoms with Crippen molar-refractivity contribution >= 4 is 17.3 Å². The molecule has 0 radical (unpaired) electrons. The van der Waals surface area contributed by atoms with Gasteiger partial charge in [0.25, 0.3) is 0 Å². The third-order valence-electron chi connectivity index (χ3n) is 6.05. The molecule has 154 valence electrons. The summed E-state index contributed by atoms with van der Waals surface area (Å²) in [7, 11) is 0. The van der Waals surface area contributed by atoms with Crippen LogP contribution in [0, 0.1) is 11.2 Å². The topological polar surface area (TPSA) is 41.6 Å². The molecule has 5 heteroatoms. The van der Waals surface area contributed by atoms with Crippen LogP contribution in [0.2, 0.25) is 0 Å². The number of ether oxygens (including phenoxy) is 1. The smallest absolute Gasteiger partial charge is 0.338 e. The molecule has 0 amide bonds. The summed E-state index contributed by atoms with van der Waals surface area (Å²) in [5.74, 6) is -0.485. The summed E-state index contributed by atoms with van der Waals surface area (Å²) in [6.45, 7) is 8.52. The van der Waals surface area contributed by atoms with Gasteiger partial charge in [0.05, 0.1) is 18.2 Å².